The number of hydrogen-bond donors (Lipinski definition) is 1. The minimum absolute atomic E-state index is 0.00685. The Labute approximate surface area is 69.9 Å². The summed E-state index contributed by atoms with van der Waals surface area (Å²) in [4.78, 5) is 0. The average molecular weight is 173 g/mol. The topological polar surface area (TPSA) is 38.0 Å². The smallest absolute Gasteiger partial charge is 0.103 e. The van der Waals surface area contributed by atoms with Crippen molar-refractivity contribution in [3.05, 3.63) is 23.0 Å². The molecule has 0 aromatic carbocycles. The van der Waals surface area contributed by atoms with Crippen molar-refractivity contribution in [3.63, 3.8) is 0 Å². The first-order chi connectivity index (χ1) is 5.24. The summed E-state index contributed by atoms with van der Waals surface area (Å²) in [6, 6.07) is 0. The van der Waals surface area contributed by atoms with E-state index >= 15 is 0 Å². The van der Waals surface area contributed by atoms with E-state index in [-0.39, 0.29) is 6.61 Å². The summed E-state index contributed by atoms with van der Waals surface area (Å²) in [5.74, 6) is 0. The first-order valence-electron chi connectivity index (χ1n) is 3.20. The number of aromatic nitrogens is 2. The van der Waals surface area contributed by atoms with Crippen molar-refractivity contribution in [2.45, 2.75) is 0 Å². The monoisotopic (exact) mass is 172 g/mol. The zero-order chi connectivity index (χ0) is 8.27. The molecule has 0 bridgehead atoms. The van der Waals surface area contributed by atoms with Crippen molar-refractivity contribution in [2.24, 2.45) is 7.05 Å². The highest BCUT2D eigenvalue weighted by Crippen LogP contribution is 2.13. The predicted octanol–water partition coefficient (Wildman–Crippen LogP) is 1.08. The Morgan fingerprint density at radius 1 is 1.82 bits per heavy atom. The van der Waals surface area contributed by atoms with Crippen LogP contribution < -0.4 is 0 Å². The zero-order valence-corrected chi connectivity index (χ0v) is 6.91. The van der Waals surface area contributed by atoms with E-state index in [1.54, 1.807) is 30.1 Å². The Hall–Kier alpha value is -0.800. The Morgan fingerprint density at radius 3 is 3.00 bits per heavy atom. The van der Waals surface area contributed by atoms with Crippen molar-refractivity contribution in [2.75, 3.05) is 6.61 Å². The van der Waals surface area contributed by atoms with Crippen molar-refractivity contribution in [1.82, 2.24) is 9.78 Å². The number of halogens is 1. The van der Waals surface area contributed by atoms with Crippen LogP contribution in [0.4, 0.5) is 0 Å². The maximum Gasteiger partial charge on any atom is 0.103 e. The third kappa shape index (κ3) is 2.06. The lowest BCUT2D eigenvalue weighted by atomic mass is 10.4. The third-order valence-electron chi connectivity index (χ3n) is 1.19. The summed E-state index contributed by atoms with van der Waals surface area (Å²) in [6.45, 7) is 0.00685. The van der Waals surface area contributed by atoms with Gasteiger partial charge in [0.25, 0.3) is 0 Å². The van der Waals surface area contributed by atoms with E-state index < -0.39 is 0 Å². The van der Waals surface area contributed by atoms with Crippen LogP contribution in [-0.4, -0.2) is 21.5 Å². The highest BCUT2D eigenvalue weighted by Gasteiger charge is 1.99. The van der Waals surface area contributed by atoms with Gasteiger partial charge in [-0.05, 0) is 6.08 Å². The van der Waals surface area contributed by atoms with E-state index in [0.29, 0.717) is 10.7 Å². The zero-order valence-electron chi connectivity index (χ0n) is 6.16. The quantitative estimate of drug-likeness (QED) is 0.725. The molecule has 3 nitrogen and oxygen atoms in total. The first-order valence-corrected chi connectivity index (χ1v) is 3.58. The van der Waals surface area contributed by atoms with Gasteiger partial charge in [0.05, 0.1) is 11.6 Å². The molecule has 0 saturated heterocycles. The van der Waals surface area contributed by atoms with E-state index in [4.69, 9.17) is 16.7 Å². The number of aliphatic hydroxyl groups is 1. The fourth-order valence-electron chi connectivity index (χ4n) is 0.754. The molecule has 1 aromatic rings. The van der Waals surface area contributed by atoms with Crippen molar-refractivity contribution in [3.8, 4) is 0 Å². The number of hydrogen-bond acceptors (Lipinski definition) is 2. The van der Waals surface area contributed by atoms with Gasteiger partial charge in [-0.2, -0.15) is 5.10 Å². The summed E-state index contributed by atoms with van der Waals surface area (Å²) in [5, 5.41) is 13.1. The molecule has 1 heterocycles. The van der Waals surface area contributed by atoms with Crippen LogP contribution in [-0.2, 0) is 7.05 Å². The van der Waals surface area contributed by atoms with Crippen LogP contribution >= 0.6 is 11.6 Å². The molecule has 0 aliphatic rings. The number of aliphatic hydroxyl groups excluding tert-OH is 1. The minimum Gasteiger partial charge on any atom is -0.392 e. The molecule has 0 amide bonds. The molecule has 1 N–H and O–H groups in total. The Kier molecular flexibility index (Phi) is 2.68. The maximum atomic E-state index is 8.46. The molecule has 60 valence electrons. The molecule has 0 atom stereocenters. The third-order valence-corrected chi connectivity index (χ3v) is 1.48. The van der Waals surface area contributed by atoms with Crippen LogP contribution in [0.15, 0.2) is 12.3 Å². The first kappa shape index (κ1) is 8.30. The highest BCUT2D eigenvalue weighted by molar-refractivity contribution is 6.31. The van der Waals surface area contributed by atoms with Crippen molar-refractivity contribution in [1.29, 1.82) is 0 Å². The molecular weight excluding hydrogens is 164 g/mol. The average Bonchev–Trinajstić information content (AvgIpc) is 2.26. The van der Waals surface area contributed by atoms with E-state index in [0.717, 1.165) is 0 Å². The van der Waals surface area contributed by atoms with Gasteiger partial charge in [0.2, 0.25) is 0 Å². The van der Waals surface area contributed by atoms with Gasteiger partial charge >= 0.3 is 0 Å². The van der Waals surface area contributed by atoms with Crippen LogP contribution in [0.5, 0.6) is 0 Å². The van der Waals surface area contributed by atoms with Crippen LogP contribution in [0.1, 0.15) is 5.69 Å². The second-order valence-corrected chi connectivity index (χ2v) is 2.53. The standard InChI is InChI=1S/C7H9ClN2O/c1-10-5-6(8)7(9-10)3-2-4-11/h2-3,5,11H,4H2,1H3. The minimum atomic E-state index is 0.00685. The van der Waals surface area contributed by atoms with Gasteiger partial charge in [0.1, 0.15) is 5.69 Å². The van der Waals surface area contributed by atoms with E-state index in [2.05, 4.69) is 5.10 Å². The number of aryl methyl sites for hydroxylation is 1. The molecule has 1 rings (SSSR count). The van der Waals surface area contributed by atoms with Crippen molar-refractivity contribution >= 4 is 17.7 Å². The SMILES string of the molecule is Cn1cc(Cl)c(C=CCO)n1. The summed E-state index contributed by atoms with van der Waals surface area (Å²) in [7, 11) is 1.79. The van der Waals surface area contributed by atoms with E-state index in [1.807, 2.05) is 0 Å². The summed E-state index contributed by atoms with van der Waals surface area (Å²) in [6.07, 6.45) is 4.98. The highest BCUT2D eigenvalue weighted by atomic mass is 35.5. The van der Waals surface area contributed by atoms with Gasteiger partial charge < -0.3 is 5.11 Å². The summed E-state index contributed by atoms with van der Waals surface area (Å²) in [5.41, 5.74) is 0.684. The molecule has 0 aliphatic carbocycles. The van der Waals surface area contributed by atoms with Crippen molar-refractivity contribution < 1.29 is 5.11 Å². The van der Waals surface area contributed by atoms with Gasteiger partial charge in [0.15, 0.2) is 0 Å². The Bertz CT molecular complexity index is 267. The Balaban J connectivity index is 2.85. The lowest BCUT2D eigenvalue weighted by Crippen LogP contribution is -1.86. The normalized spacial score (nSPS) is 11.2. The van der Waals surface area contributed by atoms with E-state index in [9.17, 15) is 0 Å². The number of rotatable bonds is 2. The molecule has 0 unspecified atom stereocenters. The van der Waals surface area contributed by atoms with Crippen LogP contribution in [0, 0.1) is 0 Å². The second-order valence-electron chi connectivity index (χ2n) is 2.12. The molecule has 4 heteroatoms. The fourth-order valence-corrected chi connectivity index (χ4v) is 0.996. The predicted molar refractivity (Wildman–Crippen MR) is 44.3 cm³/mol. The van der Waals surface area contributed by atoms with E-state index in [1.165, 1.54) is 0 Å². The lowest BCUT2D eigenvalue weighted by molar-refractivity contribution is 0.343. The van der Waals surface area contributed by atoms with Gasteiger partial charge in [-0.15, -0.1) is 0 Å². The van der Waals surface area contributed by atoms with Gasteiger partial charge in [-0.1, -0.05) is 17.7 Å². The molecule has 0 radical (unpaired) electrons. The van der Waals surface area contributed by atoms with Crippen LogP contribution in [0.3, 0.4) is 0 Å². The lowest BCUT2D eigenvalue weighted by Gasteiger charge is -1.83. The Morgan fingerprint density at radius 2 is 2.55 bits per heavy atom. The molecule has 11 heavy (non-hydrogen) atoms. The van der Waals surface area contributed by atoms with Gasteiger partial charge in [-0.3, -0.25) is 4.68 Å². The molecule has 0 fully saturated rings. The summed E-state index contributed by atoms with van der Waals surface area (Å²) < 4.78 is 1.62. The molecular formula is C7H9ClN2O. The van der Waals surface area contributed by atoms with Gasteiger partial charge in [0, 0.05) is 13.2 Å². The van der Waals surface area contributed by atoms with Crippen LogP contribution in [0.25, 0.3) is 6.08 Å². The maximum absolute atomic E-state index is 8.46. The summed E-state index contributed by atoms with van der Waals surface area (Å²) >= 11 is 5.76. The molecule has 0 aliphatic heterocycles. The number of nitrogens with zero attached hydrogens (tertiary/aromatic N) is 2. The largest absolute Gasteiger partial charge is 0.392 e. The molecule has 0 spiro atoms. The second kappa shape index (κ2) is 3.55. The molecule has 0 saturated carbocycles. The fraction of sp³-hybridized carbons (Fsp3) is 0.286. The molecule has 1 aromatic heterocycles. The van der Waals surface area contributed by atoms with Gasteiger partial charge in [-0.25, -0.2) is 0 Å². The van der Waals surface area contributed by atoms with Crippen LogP contribution in [0.2, 0.25) is 5.02 Å².